The first-order valence-corrected chi connectivity index (χ1v) is 2.97. The van der Waals surface area contributed by atoms with E-state index in [2.05, 4.69) is 18.1 Å². The van der Waals surface area contributed by atoms with Gasteiger partial charge in [0.2, 0.25) is 0 Å². The summed E-state index contributed by atoms with van der Waals surface area (Å²) in [6.07, 6.45) is 3.04. The first kappa shape index (κ1) is 6.81. The quantitative estimate of drug-likeness (QED) is 0.622. The highest BCUT2D eigenvalue weighted by atomic mass is 16.3. The van der Waals surface area contributed by atoms with E-state index in [4.69, 9.17) is 4.42 Å². The van der Waals surface area contributed by atoms with Crippen molar-refractivity contribution in [2.75, 3.05) is 0 Å². The molecule has 0 fully saturated rings. The normalized spacial score (nSPS) is 9.30. The van der Waals surface area contributed by atoms with E-state index >= 15 is 0 Å². The predicted molar refractivity (Wildman–Crippen MR) is 41.3 cm³/mol. The van der Waals surface area contributed by atoms with Crippen LogP contribution in [-0.2, 0) is 0 Å². The summed E-state index contributed by atoms with van der Waals surface area (Å²) in [5.41, 5.74) is 1.62. The van der Waals surface area contributed by atoms with Crippen LogP contribution in [0.25, 0.3) is 11.6 Å². The highest BCUT2D eigenvalue weighted by Crippen LogP contribution is 2.15. The van der Waals surface area contributed by atoms with Crippen molar-refractivity contribution in [1.29, 1.82) is 0 Å². The molecule has 10 heavy (non-hydrogen) atoms. The summed E-state index contributed by atoms with van der Waals surface area (Å²) in [5.74, 6) is 0.718. The Balaban J connectivity index is 3.13. The molecule has 0 atom stereocenters. The lowest BCUT2D eigenvalue weighted by atomic mass is 10.2. The van der Waals surface area contributed by atoms with Gasteiger partial charge in [-0.05, 0) is 18.6 Å². The molecular weight excluding hydrogens is 126 g/mol. The van der Waals surface area contributed by atoms with Crippen molar-refractivity contribution in [1.82, 2.24) is 4.98 Å². The Kier molecular flexibility index (Phi) is 1.71. The Labute approximate surface area is 59.9 Å². The van der Waals surface area contributed by atoms with Crippen LogP contribution in [0.5, 0.6) is 0 Å². The van der Waals surface area contributed by atoms with Gasteiger partial charge in [-0.15, -0.1) is 0 Å². The smallest absolute Gasteiger partial charge is 0.181 e. The lowest BCUT2D eigenvalue weighted by Crippen LogP contribution is -1.77. The third kappa shape index (κ3) is 1.00. The van der Waals surface area contributed by atoms with Gasteiger partial charge in [0.1, 0.15) is 5.69 Å². The van der Waals surface area contributed by atoms with Crippen LogP contribution in [0.4, 0.5) is 0 Å². The van der Waals surface area contributed by atoms with E-state index in [1.54, 1.807) is 6.08 Å². The molecule has 52 valence electrons. The van der Waals surface area contributed by atoms with Gasteiger partial charge in [-0.2, -0.15) is 0 Å². The maximum Gasteiger partial charge on any atom is 0.181 e. The molecule has 0 bridgehead atoms. The molecule has 0 saturated heterocycles. The van der Waals surface area contributed by atoms with Crippen LogP contribution in [-0.4, -0.2) is 4.98 Å². The van der Waals surface area contributed by atoms with Crippen LogP contribution < -0.4 is 0 Å². The number of aromatic nitrogens is 1. The summed E-state index contributed by atoms with van der Waals surface area (Å²) in [6.45, 7) is 9.18. The van der Waals surface area contributed by atoms with Crippen LogP contribution >= 0.6 is 0 Å². The van der Waals surface area contributed by atoms with Crippen molar-refractivity contribution in [3.05, 3.63) is 31.0 Å². The fourth-order valence-electron chi connectivity index (χ4n) is 0.719. The molecule has 0 aliphatic carbocycles. The van der Waals surface area contributed by atoms with Gasteiger partial charge in [-0.25, -0.2) is 4.98 Å². The minimum atomic E-state index is 0.718. The molecule has 0 saturated carbocycles. The number of nitrogens with zero attached hydrogens (tertiary/aromatic N) is 1. The first-order chi connectivity index (χ1) is 4.75. The van der Waals surface area contributed by atoms with Gasteiger partial charge in [-0.3, -0.25) is 0 Å². The average molecular weight is 135 g/mol. The molecule has 0 amide bonds. The maximum absolute atomic E-state index is 5.04. The van der Waals surface area contributed by atoms with Gasteiger partial charge < -0.3 is 4.42 Å². The van der Waals surface area contributed by atoms with Crippen LogP contribution in [0.2, 0.25) is 0 Å². The molecule has 0 radical (unpaired) electrons. The third-order valence-corrected chi connectivity index (χ3v) is 1.18. The summed E-state index contributed by atoms with van der Waals surface area (Å²) in [4.78, 5) is 3.91. The number of rotatable bonds is 2. The summed E-state index contributed by atoms with van der Waals surface area (Å²) < 4.78 is 5.04. The second kappa shape index (κ2) is 2.52. The highest BCUT2D eigenvalue weighted by molar-refractivity contribution is 5.64. The Hall–Kier alpha value is -1.31. The largest absolute Gasteiger partial charge is 0.443 e. The maximum atomic E-state index is 5.04. The zero-order chi connectivity index (χ0) is 7.56. The van der Waals surface area contributed by atoms with E-state index in [9.17, 15) is 0 Å². The molecule has 1 rings (SSSR count). The van der Waals surface area contributed by atoms with Crippen molar-refractivity contribution in [2.45, 2.75) is 6.92 Å². The minimum Gasteiger partial charge on any atom is -0.443 e. The van der Waals surface area contributed by atoms with Gasteiger partial charge >= 0.3 is 0 Å². The molecule has 0 aliphatic rings. The molecule has 1 aromatic rings. The van der Waals surface area contributed by atoms with Gasteiger partial charge in [-0.1, -0.05) is 13.2 Å². The van der Waals surface area contributed by atoms with E-state index in [1.807, 2.05) is 6.92 Å². The zero-order valence-corrected chi connectivity index (χ0v) is 5.92. The second-order valence-corrected chi connectivity index (χ2v) is 2.05. The first-order valence-electron chi connectivity index (χ1n) is 2.97. The van der Waals surface area contributed by atoms with Crippen molar-refractivity contribution in [2.24, 2.45) is 0 Å². The van der Waals surface area contributed by atoms with Crippen molar-refractivity contribution in [3.63, 3.8) is 0 Å². The molecule has 0 N–H and O–H groups in total. The molecule has 0 aromatic carbocycles. The Morgan fingerprint density at radius 3 is 2.90 bits per heavy atom. The molecular formula is C8H9NO. The van der Waals surface area contributed by atoms with Crippen LogP contribution in [0, 0.1) is 0 Å². The fourth-order valence-corrected chi connectivity index (χ4v) is 0.719. The summed E-state index contributed by atoms with van der Waals surface area (Å²) in [5, 5.41) is 0. The van der Waals surface area contributed by atoms with E-state index < -0.39 is 0 Å². The second-order valence-electron chi connectivity index (χ2n) is 2.05. The van der Waals surface area contributed by atoms with Gasteiger partial charge in [0, 0.05) is 0 Å². The van der Waals surface area contributed by atoms with Gasteiger partial charge in [0.05, 0.1) is 0 Å². The van der Waals surface area contributed by atoms with E-state index in [-0.39, 0.29) is 0 Å². The average Bonchev–Trinajstić information content (AvgIpc) is 2.33. The van der Waals surface area contributed by atoms with Crippen LogP contribution in [0.15, 0.2) is 24.0 Å². The Morgan fingerprint density at radius 2 is 2.50 bits per heavy atom. The number of hydrogen-bond donors (Lipinski definition) is 0. The summed E-state index contributed by atoms with van der Waals surface area (Å²) in [7, 11) is 0. The van der Waals surface area contributed by atoms with Gasteiger partial charge in [0.25, 0.3) is 0 Å². The molecule has 0 unspecified atom stereocenters. The standard InChI is InChI=1S/C8H9NO/c1-4-7-8(6(2)3)10-5-9-7/h4-5H,1-2H2,3H3. The highest BCUT2D eigenvalue weighted by Gasteiger charge is 2.03. The zero-order valence-electron chi connectivity index (χ0n) is 5.92. The predicted octanol–water partition coefficient (Wildman–Crippen LogP) is 2.35. The number of hydrogen-bond acceptors (Lipinski definition) is 2. The Bertz CT molecular complexity index is 260. The number of oxazole rings is 1. The SMILES string of the molecule is C=Cc1ncoc1C(=C)C. The minimum absolute atomic E-state index is 0.718. The molecule has 0 aliphatic heterocycles. The topological polar surface area (TPSA) is 26.0 Å². The molecule has 1 heterocycles. The molecule has 1 aromatic heterocycles. The van der Waals surface area contributed by atoms with Gasteiger partial charge in [0.15, 0.2) is 12.2 Å². The molecule has 0 spiro atoms. The van der Waals surface area contributed by atoms with E-state index in [1.165, 1.54) is 6.39 Å². The van der Waals surface area contributed by atoms with Crippen molar-refractivity contribution in [3.8, 4) is 0 Å². The third-order valence-electron chi connectivity index (χ3n) is 1.18. The summed E-state index contributed by atoms with van der Waals surface area (Å²) >= 11 is 0. The monoisotopic (exact) mass is 135 g/mol. The van der Waals surface area contributed by atoms with E-state index in [0.29, 0.717) is 0 Å². The Morgan fingerprint density at radius 1 is 1.80 bits per heavy atom. The van der Waals surface area contributed by atoms with Crippen LogP contribution in [0.1, 0.15) is 18.4 Å². The van der Waals surface area contributed by atoms with E-state index in [0.717, 1.165) is 17.0 Å². The van der Waals surface area contributed by atoms with Crippen molar-refractivity contribution < 1.29 is 4.42 Å². The molecule has 2 nitrogen and oxygen atoms in total. The number of allylic oxidation sites excluding steroid dienone is 1. The van der Waals surface area contributed by atoms with Crippen molar-refractivity contribution >= 4 is 11.6 Å². The van der Waals surface area contributed by atoms with Crippen LogP contribution in [0.3, 0.4) is 0 Å². The fraction of sp³-hybridized carbons (Fsp3) is 0.125. The lowest BCUT2D eigenvalue weighted by Gasteiger charge is -1.91. The molecule has 2 heteroatoms. The lowest BCUT2D eigenvalue weighted by molar-refractivity contribution is 0.544. The summed E-state index contributed by atoms with van der Waals surface area (Å²) in [6, 6.07) is 0.